The van der Waals surface area contributed by atoms with Crippen molar-refractivity contribution in [2.45, 2.75) is 25.9 Å². The van der Waals surface area contributed by atoms with Crippen LogP contribution in [0.25, 0.3) is 21.9 Å². The minimum absolute atomic E-state index is 0.00629. The van der Waals surface area contributed by atoms with E-state index in [-0.39, 0.29) is 11.8 Å². The van der Waals surface area contributed by atoms with Gasteiger partial charge >= 0.3 is 0 Å². The molecule has 0 radical (unpaired) electrons. The van der Waals surface area contributed by atoms with E-state index >= 15 is 0 Å². The van der Waals surface area contributed by atoms with Gasteiger partial charge in [-0.1, -0.05) is 12.1 Å². The lowest BCUT2D eigenvalue weighted by Gasteiger charge is -2.31. The number of anilines is 1. The lowest BCUT2D eigenvalue weighted by molar-refractivity contribution is -0.121. The number of nitrogens with one attached hydrogen (secondary N) is 1. The summed E-state index contributed by atoms with van der Waals surface area (Å²) < 4.78 is 14.9. The van der Waals surface area contributed by atoms with Crippen LogP contribution in [0.2, 0.25) is 0 Å². The molecule has 6 nitrogen and oxygen atoms in total. The molecule has 0 bridgehead atoms. The second kappa shape index (κ2) is 8.29. The molecule has 7 heteroatoms. The minimum Gasteiger partial charge on any atom is -0.310 e. The standard InChI is InChI=1S/C22H26FN5O/c1-15(23)13-28-7-5-16(6-8-28)22(29)26-21-10-19-9-17(3-4-18(19)11-24-21)20-12-25-27(2)14-20/h3-4,9-12,14-16H,5-8,13H2,1-2H3,(H,24,26,29). The van der Waals surface area contributed by atoms with Crippen LogP contribution in [0.15, 0.2) is 42.9 Å². The van der Waals surface area contributed by atoms with Gasteiger partial charge in [0.2, 0.25) is 5.91 Å². The van der Waals surface area contributed by atoms with Crippen LogP contribution >= 0.6 is 0 Å². The molecular weight excluding hydrogens is 369 g/mol. The molecule has 152 valence electrons. The van der Waals surface area contributed by atoms with Crippen molar-refractivity contribution in [3.63, 3.8) is 0 Å². The molecule has 1 aromatic carbocycles. The summed E-state index contributed by atoms with van der Waals surface area (Å²) in [5.74, 6) is 0.499. The normalized spacial score (nSPS) is 16.8. The fraction of sp³-hybridized carbons (Fsp3) is 0.409. The zero-order valence-corrected chi connectivity index (χ0v) is 16.8. The average molecular weight is 395 g/mol. The van der Waals surface area contributed by atoms with Gasteiger partial charge in [0.25, 0.3) is 0 Å². The van der Waals surface area contributed by atoms with Crippen molar-refractivity contribution in [2.24, 2.45) is 13.0 Å². The molecule has 0 aliphatic carbocycles. The predicted octanol–water partition coefficient (Wildman–Crippen LogP) is 3.64. The summed E-state index contributed by atoms with van der Waals surface area (Å²) >= 11 is 0. The summed E-state index contributed by atoms with van der Waals surface area (Å²) in [5, 5.41) is 9.22. The van der Waals surface area contributed by atoms with Crippen molar-refractivity contribution in [2.75, 3.05) is 25.0 Å². The van der Waals surface area contributed by atoms with E-state index in [1.54, 1.807) is 17.8 Å². The van der Waals surface area contributed by atoms with Crippen LogP contribution in [-0.2, 0) is 11.8 Å². The van der Waals surface area contributed by atoms with Crippen LogP contribution in [-0.4, -0.2) is 51.4 Å². The van der Waals surface area contributed by atoms with Gasteiger partial charge in [0.15, 0.2) is 0 Å². The number of aromatic nitrogens is 3. The molecule has 1 amide bonds. The third kappa shape index (κ3) is 4.62. The first kappa shape index (κ1) is 19.5. The van der Waals surface area contributed by atoms with E-state index in [1.807, 2.05) is 37.6 Å². The van der Waals surface area contributed by atoms with Gasteiger partial charge < -0.3 is 10.2 Å². The Labute approximate surface area is 169 Å². The molecular formula is C22H26FN5O. The van der Waals surface area contributed by atoms with E-state index in [0.717, 1.165) is 47.8 Å². The van der Waals surface area contributed by atoms with Crippen LogP contribution in [0, 0.1) is 5.92 Å². The summed E-state index contributed by atoms with van der Waals surface area (Å²) in [7, 11) is 1.89. The van der Waals surface area contributed by atoms with E-state index in [4.69, 9.17) is 0 Å². The molecule has 3 heterocycles. The second-order valence-corrected chi connectivity index (χ2v) is 7.88. The maximum absolute atomic E-state index is 13.2. The summed E-state index contributed by atoms with van der Waals surface area (Å²) in [6, 6.07) is 8.07. The number of carbonyl (C=O) groups excluding carboxylic acids is 1. The number of aryl methyl sites for hydroxylation is 1. The number of benzene rings is 1. The third-order valence-corrected chi connectivity index (χ3v) is 5.48. The number of carbonyl (C=O) groups is 1. The molecule has 1 unspecified atom stereocenters. The van der Waals surface area contributed by atoms with Crippen molar-refractivity contribution in [1.29, 1.82) is 0 Å². The van der Waals surface area contributed by atoms with E-state index in [0.29, 0.717) is 12.4 Å². The molecule has 1 saturated heterocycles. The smallest absolute Gasteiger partial charge is 0.228 e. The Bertz CT molecular complexity index is 1010. The zero-order chi connectivity index (χ0) is 20.4. The number of piperidine rings is 1. The van der Waals surface area contributed by atoms with Gasteiger partial charge in [-0.25, -0.2) is 9.37 Å². The molecule has 1 aliphatic rings. The summed E-state index contributed by atoms with van der Waals surface area (Å²) in [5.41, 5.74) is 2.12. The van der Waals surface area contributed by atoms with Crippen LogP contribution in [0.3, 0.4) is 0 Å². The van der Waals surface area contributed by atoms with Gasteiger partial charge in [-0.05, 0) is 55.9 Å². The number of hydrogen-bond acceptors (Lipinski definition) is 4. The highest BCUT2D eigenvalue weighted by molar-refractivity contribution is 5.95. The number of halogens is 1. The largest absolute Gasteiger partial charge is 0.310 e. The average Bonchev–Trinajstić information content (AvgIpc) is 3.14. The van der Waals surface area contributed by atoms with Gasteiger partial charge in [-0.3, -0.25) is 9.48 Å². The van der Waals surface area contributed by atoms with Gasteiger partial charge in [0, 0.05) is 42.9 Å². The molecule has 3 aromatic rings. The predicted molar refractivity (Wildman–Crippen MR) is 112 cm³/mol. The molecule has 1 N–H and O–H groups in total. The number of fused-ring (bicyclic) bond motifs is 1. The number of likely N-dealkylation sites (tertiary alicyclic amines) is 1. The molecule has 2 aromatic heterocycles. The van der Waals surface area contributed by atoms with Crippen molar-refractivity contribution in [3.8, 4) is 11.1 Å². The fourth-order valence-corrected chi connectivity index (χ4v) is 3.92. The lowest BCUT2D eigenvalue weighted by Crippen LogP contribution is -2.40. The second-order valence-electron chi connectivity index (χ2n) is 7.88. The van der Waals surface area contributed by atoms with E-state index in [1.165, 1.54) is 0 Å². The molecule has 1 fully saturated rings. The van der Waals surface area contributed by atoms with E-state index in [2.05, 4.69) is 26.4 Å². The third-order valence-electron chi connectivity index (χ3n) is 5.48. The number of hydrogen-bond donors (Lipinski definition) is 1. The summed E-state index contributed by atoms with van der Waals surface area (Å²) in [6.45, 7) is 3.53. The van der Waals surface area contributed by atoms with Crippen molar-refractivity contribution in [3.05, 3.63) is 42.9 Å². The number of alkyl halides is 1. The van der Waals surface area contributed by atoms with Crippen LogP contribution in [0.1, 0.15) is 19.8 Å². The van der Waals surface area contributed by atoms with Gasteiger partial charge in [-0.2, -0.15) is 5.10 Å². The molecule has 4 rings (SSSR count). The maximum Gasteiger partial charge on any atom is 0.228 e. The van der Waals surface area contributed by atoms with Gasteiger partial charge in [0.1, 0.15) is 12.0 Å². The monoisotopic (exact) mass is 395 g/mol. The Morgan fingerprint density at radius 1 is 1.21 bits per heavy atom. The molecule has 0 spiro atoms. The molecule has 29 heavy (non-hydrogen) atoms. The van der Waals surface area contributed by atoms with Crippen molar-refractivity contribution >= 4 is 22.5 Å². The molecule has 1 aliphatic heterocycles. The quantitative estimate of drug-likeness (QED) is 0.716. The Hall–Kier alpha value is -2.80. The van der Waals surface area contributed by atoms with Crippen LogP contribution in [0.4, 0.5) is 10.2 Å². The Morgan fingerprint density at radius 2 is 2.00 bits per heavy atom. The first-order valence-electron chi connectivity index (χ1n) is 10.0. The molecule has 1 atom stereocenters. The highest BCUT2D eigenvalue weighted by Crippen LogP contribution is 2.26. The summed E-state index contributed by atoms with van der Waals surface area (Å²) in [6.07, 6.45) is 6.25. The van der Waals surface area contributed by atoms with Gasteiger partial charge in [0.05, 0.1) is 6.20 Å². The Morgan fingerprint density at radius 3 is 2.69 bits per heavy atom. The highest BCUT2D eigenvalue weighted by Gasteiger charge is 2.25. The topological polar surface area (TPSA) is 63.1 Å². The first-order valence-corrected chi connectivity index (χ1v) is 10.0. The van der Waals surface area contributed by atoms with Crippen LogP contribution < -0.4 is 5.32 Å². The SMILES string of the molecule is CC(F)CN1CCC(C(=O)Nc2cc3cc(-c4cnn(C)c4)ccc3cn2)CC1. The van der Waals surface area contributed by atoms with Crippen molar-refractivity contribution < 1.29 is 9.18 Å². The number of amides is 1. The number of pyridine rings is 1. The molecule has 0 saturated carbocycles. The summed E-state index contributed by atoms with van der Waals surface area (Å²) in [4.78, 5) is 19.1. The fourth-order valence-electron chi connectivity index (χ4n) is 3.92. The van der Waals surface area contributed by atoms with E-state index < -0.39 is 6.17 Å². The Kier molecular flexibility index (Phi) is 5.58. The maximum atomic E-state index is 13.2. The number of rotatable bonds is 5. The Balaban J connectivity index is 1.44. The number of nitrogens with zero attached hydrogens (tertiary/aromatic N) is 4. The zero-order valence-electron chi connectivity index (χ0n) is 16.8. The van der Waals surface area contributed by atoms with Crippen molar-refractivity contribution in [1.82, 2.24) is 19.7 Å². The highest BCUT2D eigenvalue weighted by atomic mass is 19.1. The van der Waals surface area contributed by atoms with Crippen LogP contribution in [0.5, 0.6) is 0 Å². The van der Waals surface area contributed by atoms with Gasteiger partial charge in [-0.15, -0.1) is 0 Å². The first-order chi connectivity index (χ1) is 14.0. The minimum atomic E-state index is -0.835. The lowest BCUT2D eigenvalue weighted by atomic mass is 9.95. The van der Waals surface area contributed by atoms with E-state index in [9.17, 15) is 9.18 Å².